The Kier molecular flexibility index (Phi) is 14.1. The molecule has 1 aromatic rings. The van der Waals surface area contributed by atoms with Crippen molar-refractivity contribution in [2.24, 2.45) is 4.99 Å². The lowest BCUT2D eigenvalue weighted by molar-refractivity contribution is 0.129. The van der Waals surface area contributed by atoms with Crippen molar-refractivity contribution in [2.45, 2.75) is 58.0 Å². The number of benzene rings is 1. The fourth-order valence-corrected chi connectivity index (χ4v) is 3.56. The van der Waals surface area contributed by atoms with Gasteiger partial charge in [-0.2, -0.15) is 0 Å². The minimum atomic E-state index is 0. The second kappa shape index (κ2) is 15.8. The van der Waals surface area contributed by atoms with Gasteiger partial charge in [-0.15, -0.1) is 24.0 Å². The van der Waals surface area contributed by atoms with Crippen molar-refractivity contribution in [1.29, 1.82) is 0 Å². The van der Waals surface area contributed by atoms with Crippen molar-refractivity contribution in [3.63, 3.8) is 0 Å². The highest BCUT2D eigenvalue weighted by molar-refractivity contribution is 14.0. The van der Waals surface area contributed by atoms with Gasteiger partial charge in [0.05, 0.1) is 0 Å². The molecule has 1 saturated heterocycles. The molecule has 166 valence electrons. The van der Waals surface area contributed by atoms with Crippen LogP contribution in [0.1, 0.15) is 51.9 Å². The van der Waals surface area contributed by atoms with Crippen LogP contribution in [0.5, 0.6) is 5.75 Å². The van der Waals surface area contributed by atoms with E-state index in [4.69, 9.17) is 9.73 Å². The van der Waals surface area contributed by atoms with Gasteiger partial charge in [0.25, 0.3) is 0 Å². The molecule has 1 fully saturated rings. The van der Waals surface area contributed by atoms with Gasteiger partial charge in [-0.05, 0) is 52.5 Å². The molecule has 0 amide bonds. The first kappa shape index (κ1) is 26.0. The van der Waals surface area contributed by atoms with E-state index in [2.05, 4.69) is 36.1 Å². The summed E-state index contributed by atoms with van der Waals surface area (Å²) in [7, 11) is 4.29. The van der Waals surface area contributed by atoms with E-state index in [1.165, 1.54) is 38.6 Å². The number of nitrogens with zero attached hydrogens (tertiary/aromatic N) is 3. The minimum Gasteiger partial charge on any atom is -0.490 e. The lowest BCUT2D eigenvalue weighted by Crippen LogP contribution is -2.47. The largest absolute Gasteiger partial charge is 0.490 e. The maximum Gasteiger partial charge on any atom is 0.193 e. The number of rotatable bonds is 11. The first-order valence-electron chi connectivity index (χ1n) is 11.1. The number of piperidine rings is 1. The van der Waals surface area contributed by atoms with Crippen molar-refractivity contribution >= 4 is 29.9 Å². The first-order chi connectivity index (χ1) is 13.7. The quantitative estimate of drug-likeness (QED) is 0.202. The Hall–Kier alpha value is -1.02. The third-order valence-corrected chi connectivity index (χ3v) is 5.15. The number of hydrogen-bond acceptors (Lipinski definition) is 3. The standard InChI is InChI=1S/C23H40N4O.HI/c1-4-24-23(25-17-11-6-5-7-12-18-26(2)3)27-19-15-22(16-20-27)28-21-13-9-8-10-14-21;/h8-10,13-14,22H,4-7,11-12,15-20H2,1-3H3,(H,24,25);1H. The van der Waals surface area contributed by atoms with Gasteiger partial charge in [-0.3, -0.25) is 4.99 Å². The van der Waals surface area contributed by atoms with Crippen LogP contribution in [0, 0.1) is 0 Å². The van der Waals surface area contributed by atoms with Gasteiger partial charge in [0.2, 0.25) is 0 Å². The van der Waals surface area contributed by atoms with Crippen LogP contribution in [0.2, 0.25) is 0 Å². The zero-order chi connectivity index (χ0) is 20.0. The summed E-state index contributed by atoms with van der Waals surface area (Å²) < 4.78 is 6.11. The van der Waals surface area contributed by atoms with Crippen LogP contribution in [0.25, 0.3) is 0 Å². The van der Waals surface area contributed by atoms with E-state index < -0.39 is 0 Å². The molecule has 0 spiro atoms. The molecule has 2 rings (SSSR count). The summed E-state index contributed by atoms with van der Waals surface area (Å²) in [5.41, 5.74) is 0. The predicted octanol–water partition coefficient (Wildman–Crippen LogP) is 4.63. The predicted molar refractivity (Wildman–Crippen MR) is 135 cm³/mol. The van der Waals surface area contributed by atoms with Gasteiger partial charge in [0.1, 0.15) is 11.9 Å². The average molecular weight is 517 g/mol. The first-order valence-corrected chi connectivity index (χ1v) is 11.1. The van der Waals surface area contributed by atoms with Gasteiger partial charge >= 0.3 is 0 Å². The monoisotopic (exact) mass is 516 g/mol. The maximum atomic E-state index is 6.11. The van der Waals surface area contributed by atoms with E-state index >= 15 is 0 Å². The Morgan fingerprint density at radius 1 is 1.07 bits per heavy atom. The second-order valence-corrected chi connectivity index (χ2v) is 7.92. The minimum absolute atomic E-state index is 0. The molecule has 0 radical (unpaired) electrons. The number of nitrogens with one attached hydrogen (secondary N) is 1. The molecule has 1 aliphatic heterocycles. The molecule has 0 saturated carbocycles. The number of aliphatic imine (C=N–C) groups is 1. The summed E-state index contributed by atoms with van der Waals surface area (Å²) in [5.74, 6) is 2.06. The van der Waals surface area contributed by atoms with E-state index in [-0.39, 0.29) is 24.0 Å². The molecule has 29 heavy (non-hydrogen) atoms. The number of ether oxygens (including phenoxy) is 1. The zero-order valence-corrected chi connectivity index (χ0v) is 20.9. The van der Waals surface area contributed by atoms with E-state index in [1.807, 2.05) is 30.3 Å². The molecule has 0 bridgehead atoms. The number of guanidine groups is 1. The Balaban J connectivity index is 0.00000420. The molecule has 6 heteroatoms. The number of unbranched alkanes of at least 4 members (excludes halogenated alkanes) is 4. The van der Waals surface area contributed by atoms with Crippen LogP contribution in [-0.4, -0.2) is 68.7 Å². The second-order valence-electron chi connectivity index (χ2n) is 7.92. The van der Waals surface area contributed by atoms with Crippen LogP contribution in [-0.2, 0) is 0 Å². The van der Waals surface area contributed by atoms with E-state index in [9.17, 15) is 0 Å². The van der Waals surface area contributed by atoms with Crippen molar-refractivity contribution in [3.8, 4) is 5.75 Å². The Labute approximate surface area is 195 Å². The van der Waals surface area contributed by atoms with Crippen molar-refractivity contribution in [1.82, 2.24) is 15.1 Å². The highest BCUT2D eigenvalue weighted by atomic mass is 127. The summed E-state index contributed by atoms with van der Waals surface area (Å²) in [6.07, 6.45) is 8.82. The summed E-state index contributed by atoms with van der Waals surface area (Å²) in [4.78, 5) is 9.53. The molecule has 0 atom stereocenters. The molecule has 1 aliphatic rings. The van der Waals surface area contributed by atoms with Crippen molar-refractivity contribution < 1.29 is 4.74 Å². The zero-order valence-electron chi connectivity index (χ0n) is 18.6. The third-order valence-electron chi connectivity index (χ3n) is 5.15. The summed E-state index contributed by atoms with van der Waals surface area (Å²) in [5, 5.41) is 3.47. The molecular formula is C23H41IN4O. The van der Waals surface area contributed by atoms with E-state index in [1.54, 1.807) is 0 Å². The number of para-hydroxylation sites is 1. The average Bonchev–Trinajstić information content (AvgIpc) is 2.70. The molecule has 1 heterocycles. The van der Waals surface area contributed by atoms with E-state index in [0.717, 1.165) is 50.7 Å². The maximum absolute atomic E-state index is 6.11. The van der Waals surface area contributed by atoms with Crippen LogP contribution >= 0.6 is 24.0 Å². The fourth-order valence-electron chi connectivity index (χ4n) is 3.56. The molecule has 0 aromatic heterocycles. The van der Waals surface area contributed by atoms with Gasteiger partial charge < -0.3 is 19.9 Å². The SMILES string of the molecule is CCNC(=NCCCCCCCN(C)C)N1CCC(Oc2ccccc2)CC1.I. The van der Waals surface area contributed by atoms with Crippen LogP contribution in [0.4, 0.5) is 0 Å². The highest BCUT2D eigenvalue weighted by Gasteiger charge is 2.22. The molecule has 0 aliphatic carbocycles. The van der Waals surface area contributed by atoms with Gasteiger partial charge in [-0.1, -0.05) is 37.5 Å². The van der Waals surface area contributed by atoms with Gasteiger partial charge in [0, 0.05) is 39.0 Å². The highest BCUT2D eigenvalue weighted by Crippen LogP contribution is 2.18. The summed E-state index contributed by atoms with van der Waals surface area (Å²) in [6.45, 7) is 7.21. The molecule has 0 unspecified atom stereocenters. The Morgan fingerprint density at radius 3 is 2.38 bits per heavy atom. The fraction of sp³-hybridized carbons (Fsp3) is 0.696. The van der Waals surface area contributed by atoms with Gasteiger partial charge in [-0.25, -0.2) is 0 Å². The normalized spacial score (nSPS) is 15.3. The lowest BCUT2D eigenvalue weighted by atomic mass is 10.1. The Morgan fingerprint density at radius 2 is 1.72 bits per heavy atom. The third kappa shape index (κ3) is 11.1. The molecule has 1 aromatic carbocycles. The Bertz CT molecular complexity index is 545. The molecular weight excluding hydrogens is 475 g/mol. The molecule has 1 N–H and O–H groups in total. The van der Waals surface area contributed by atoms with Crippen molar-refractivity contribution in [3.05, 3.63) is 30.3 Å². The van der Waals surface area contributed by atoms with Crippen molar-refractivity contribution in [2.75, 3.05) is 46.8 Å². The number of halogens is 1. The van der Waals surface area contributed by atoms with Crippen LogP contribution < -0.4 is 10.1 Å². The van der Waals surface area contributed by atoms with Crippen LogP contribution in [0.15, 0.2) is 35.3 Å². The number of likely N-dealkylation sites (tertiary alicyclic amines) is 1. The summed E-state index contributed by atoms with van der Waals surface area (Å²) in [6, 6.07) is 10.2. The lowest BCUT2D eigenvalue weighted by Gasteiger charge is -2.34. The molecule has 5 nitrogen and oxygen atoms in total. The number of hydrogen-bond donors (Lipinski definition) is 1. The smallest absolute Gasteiger partial charge is 0.193 e. The van der Waals surface area contributed by atoms with E-state index in [0.29, 0.717) is 6.10 Å². The van der Waals surface area contributed by atoms with Gasteiger partial charge in [0.15, 0.2) is 5.96 Å². The van der Waals surface area contributed by atoms with Crippen LogP contribution in [0.3, 0.4) is 0 Å². The summed E-state index contributed by atoms with van der Waals surface area (Å²) >= 11 is 0. The topological polar surface area (TPSA) is 40.1 Å².